The lowest BCUT2D eigenvalue weighted by Gasteiger charge is -2.35. The highest BCUT2D eigenvalue weighted by Crippen LogP contribution is 2.24. The molecular formula is C24H26N4O. The topological polar surface area (TPSA) is 48.5 Å². The Morgan fingerprint density at radius 3 is 2.52 bits per heavy atom. The van der Waals surface area contributed by atoms with Crippen molar-refractivity contribution in [2.24, 2.45) is 0 Å². The maximum Gasteiger partial charge on any atom is 0.255 e. The molecule has 1 saturated carbocycles. The first-order valence-corrected chi connectivity index (χ1v) is 10.5. The minimum atomic E-state index is 0.0836. The van der Waals surface area contributed by atoms with Crippen LogP contribution in [0.3, 0.4) is 0 Å². The van der Waals surface area contributed by atoms with E-state index in [1.54, 1.807) is 6.20 Å². The van der Waals surface area contributed by atoms with Gasteiger partial charge in [0.1, 0.15) is 5.82 Å². The number of rotatable bonds is 5. The number of aromatic nitrogens is 1. The van der Waals surface area contributed by atoms with Gasteiger partial charge in [-0.1, -0.05) is 42.5 Å². The van der Waals surface area contributed by atoms with Gasteiger partial charge >= 0.3 is 0 Å². The third-order valence-corrected chi connectivity index (χ3v) is 5.87. The molecule has 0 unspecified atom stereocenters. The van der Waals surface area contributed by atoms with Crippen LogP contribution in [0.15, 0.2) is 60.8 Å². The van der Waals surface area contributed by atoms with Crippen LogP contribution in [0.25, 0.3) is 10.8 Å². The van der Waals surface area contributed by atoms with Crippen molar-refractivity contribution in [3.05, 3.63) is 71.9 Å². The molecule has 2 aromatic carbocycles. The molecule has 2 aliphatic rings. The molecule has 1 aliphatic carbocycles. The van der Waals surface area contributed by atoms with Crippen LogP contribution in [0.4, 0.5) is 5.82 Å². The molecule has 1 aliphatic heterocycles. The third kappa shape index (κ3) is 4.10. The van der Waals surface area contributed by atoms with Gasteiger partial charge in [-0.05, 0) is 41.3 Å². The summed E-state index contributed by atoms with van der Waals surface area (Å²) >= 11 is 0. The number of hydrogen-bond donors (Lipinski definition) is 1. The van der Waals surface area contributed by atoms with Crippen LogP contribution in [0.2, 0.25) is 0 Å². The zero-order chi connectivity index (χ0) is 19.6. The highest BCUT2D eigenvalue weighted by molar-refractivity contribution is 5.94. The fourth-order valence-corrected chi connectivity index (χ4v) is 4.01. The molecule has 1 N–H and O–H groups in total. The first-order chi connectivity index (χ1) is 14.3. The maximum absolute atomic E-state index is 12.8. The van der Waals surface area contributed by atoms with E-state index in [0.717, 1.165) is 38.5 Å². The lowest BCUT2D eigenvalue weighted by atomic mass is 10.0. The predicted octanol–water partition coefficient (Wildman–Crippen LogP) is 3.77. The van der Waals surface area contributed by atoms with Crippen LogP contribution in [-0.2, 0) is 6.54 Å². The maximum atomic E-state index is 12.8. The van der Waals surface area contributed by atoms with Crippen molar-refractivity contribution in [1.29, 1.82) is 0 Å². The number of nitrogens with zero attached hydrogens (tertiary/aromatic N) is 3. The zero-order valence-electron chi connectivity index (χ0n) is 16.6. The highest BCUT2D eigenvalue weighted by atomic mass is 16.2. The first-order valence-electron chi connectivity index (χ1n) is 10.5. The van der Waals surface area contributed by atoms with Gasteiger partial charge in [0.25, 0.3) is 5.91 Å². The van der Waals surface area contributed by atoms with Crippen molar-refractivity contribution in [2.45, 2.75) is 25.4 Å². The van der Waals surface area contributed by atoms with E-state index in [0.29, 0.717) is 11.6 Å². The number of hydrogen-bond acceptors (Lipinski definition) is 4. The van der Waals surface area contributed by atoms with Crippen LogP contribution in [0.1, 0.15) is 28.8 Å². The van der Waals surface area contributed by atoms with Gasteiger partial charge in [-0.25, -0.2) is 4.98 Å². The number of carbonyl (C=O) groups excluding carboxylic acids is 1. The standard InChI is InChI=1S/C24H26N4O/c29-24(19-8-11-23(25-16-19)26-21-9-10-21)28-14-12-27(13-15-28)17-20-6-3-5-18-4-1-2-7-22(18)20/h1-8,11,16,21H,9-10,12-15,17H2,(H,25,26). The number of amides is 1. The largest absolute Gasteiger partial charge is 0.367 e. The number of benzene rings is 2. The van der Waals surface area contributed by atoms with Crippen LogP contribution < -0.4 is 5.32 Å². The number of pyridine rings is 1. The fourth-order valence-electron chi connectivity index (χ4n) is 4.01. The van der Waals surface area contributed by atoms with Crippen LogP contribution in [-0.4, -0.2) is 52.9 Å². The Labute approximate surface area is 171 Å². The molecule has 0 radical (unpaired) electrons. The van der Waals surface area contributed by atoms with E-state index >= 15 is 0 Å². The molecule has 1 saturated heterocycles. The number of piperazine rings is 1. The molecule has 148 valence electrons. The van der Waals surface area contributed by atoms with Gasteiger partial charge in [0.15, 0.2) is 0 Å². The SMILES string of the molecule is O=C(c1ccc(NC2CC2)nc1)N1CCN(Cc2cccc3ccccc23)CC1. The molecule has 5 rings (SSSR count). The summed E-state index contributed by atoms with van der Waals surface area (Å²) < 4.78 is 0. The minimum absolute atomic E-state index is 0.0836. The molecule has 1 amide bonds. The smallest absolute Gasteiger partial charge is 0.255 e. The molecule has 0 bridgehead atoms. The molecule has 0 spiro atoms. The highest BCUT2D eigenvalue weighted by Gasteiger charge is 2.24. The number of carbonyl (C=O) groups is 1. The van der Waals surface area contributed by atoms with Crippen LogP contribution >= 0.6 is 0 Å². The van der Waals surface area contributed by atoms with Gasteiger partial charge in [-0.15, -0.1) is 0 Å². The van der Waals surface area contributed by atoms with Crippen LogP contribution in [0.5, 0.6) is 0 Å². The lowest BCUT2D eigenvalue weighted by Crippen LogP contribution is -2.48. The van der Waals surface area contributed by atoms with Crippen molar-refractivity contribution < 1.29 is 4.79 Å². The summed E-state index contributed by atoms with van der Waals surface area (Å²) in [6.07, 6.45) is 4.13. The summed E-state index contributed by atoms with van der Waals surface area (Å²) in [6.45, 7) is 4.22. The number of anilines is 1. The van der Waals surface area contributed by atoms with E-state index in [2.05, 4.69) is 57.7 Å². The van der Waals surface area contributed by atoms with E-state index in [1.165, 1.54) is 29.2 Å². The van der Waals surface area contributed by atoms with Gasteiger partial charge in [-0.3, -0.25) is 9.69 Å². The summed E-state index contributed by atoms with van der Waals surface area (Å²) in [4.78, 5) is 21.6. The summed E-state index contributed by atoms with van der Waals surface area (Å²) in [7, 11) is 0. The van der Waals surface area contributed by atoms with Gasteiger partial charge < -0.3 is 10.2 Å². The average molecular weight is 386 g/mol. The minimum Gasteiger partial charge on any atom is -0.367 e. The first kappa shape index (κ1) is 18.1. The summed E-state index contributed by atoms with van der Waals surface area (Å²) in [5.41, 5.74) is 2.03. The quantitative estimate of drug-likeness (QED) is 0.725. The Balaban J connectivity index is 1.19. The molecule has 5 nitrogen and oxygen atoms in total. The molecular weight excluding hydrogens is 360 g/mol. The average Bonchev–Trinajstić information content (AvgIpc) is 3.59. The van der Waals surface area contributed by atoms with Gasteiger partial charge in [0.05, 0.1) is 5.56 Å². The Morgan fingerprint density at radius 1 is 0.966 bits per heavy atom. The molecule has 5 heteroatoms. The second-order valence-corrected chi connectivity index (χ2v) is 8.06. The Bertz CT molecular complexity index is 1000. The van der Waals surface area contributed by atoms with Crippen molar-refractivity contribution in [1.82, 2.24) is 14.8 Å². The molecule has 1 aromatic heterocycles. The third-order valence-electron chi connectivity index (χ3n) is 5.87. The normalized spacial score (nSPS) is 17.4. The van der Waals surface area contributed by atoms with Crippen LogP contribution in [0, 0.1) is 0 Å². The zero-order valence-corrected chi connectivity index (χ0v) is 16.6. The lowest BCUT2D eigenvalue weighted by molar-refractivity contribution is 0.0628. The number of fused-ring (bicyclic) bond motifs is 1. The van der Waals surface area contributed by atoms with Crippen molar-refractivity contribution in [3.8, 4) is 0 Å². The summed E-state index contributed by atoms with van der Waals surface area (Å²) in [5, 5.41) is 5.96. The monoisotopic (exact) mass is 386 g/mol. The Morgan fingerprint density at radius 2 is 1.76 bits per heavy atom. The molecule has 0 atom stereocenters. The molecule has 2 heterocycles. The molecule has 29 heavy (non-hydrogen) atoms. The Kier molecular flexibility index (Phi) is 4.90. The summed E-state index contributed by atoms with van der Waals surface area (Å²) in [6, 6.07) is 19.4. The van der Waals surface area contributed by atoms with Gasteiger partial charge in [0.2, 0.25) is 0 Å². The van der Waals surface area contributed by atoms with Crippen molar-refractivity contribution in [2.75, 3.05) is 31.5 Å². The van der Waals surface area contributed by atoms with E-state index in [1.807, 2.05) is 17.0 Å². The summed E-state index contributed by atoms with van der Waals surface area (Å²) in [5.74, 6) is 0.948. The van der Waals surface area contributed by atoms with E-state index < -0.39 is 0 Å². The van der Waals surface area contributed by atoms with Crippen molar-refractivity contribution >= 4 is 22.5 Å². The molecule has 2 fully saturated rings. The Hall–Kier alpha value is -2.92. The van der Waals surface area contributed by atoms with Crippen molar-refractivity contribution in [3.63, 3.8) is 0 Å². The fraction of sp³-hybridized carbons (Fsp3) is 0.333. The van der Waals surface area contributed by atoms with E-state index in [-0.39, 0.29) is 5.91 Å². The second-order valence-electron chi connectivity index (χ2n) is 8.06. The number of nitrogens with one attached hydrogen (secondary N) is 1. The van der Waals surface area contributed by atoms with E-state index in [4.69, 9.17) is 0 Å². The van der Waals surface area contributed by atoms with Gasteiger partial charge in [0, 0.05) is 45.0 Å². The molecule has 3 aromatic rings. The predicted molar refractivity (Wildman–Crippen MR) is 116 cm³/mol. The van der Waals surface area contributed by atoms with Gasteiger partial charge in [-0.2, -0.15) is 0 Å². The van der Waals surface area contributed by atoms with E-state index in [9.17, 15) is 4.79 Å². The second kappa shape index (κ2) is 7.84.